The summed E-state index contributed by atoms with van der Waals surface area (Å²) in [5, 5.41) is 11.3. The zero-order valence-corrected chi connectivity index (χ0v) is 7.25. The van der Waals surface area contributed by atoms with Crippen LogP contribution in [-0.2, 0) is 0 Å². The van der Waals surface area contributed by atoms with Gasteiger partial charge in [0.15, 0.2) is 0 Å². The number of thiol groups is 1. The van der Waals surface area contributed by atoms with E-state index in [0.29, 0.717) is 5.75 Å². The summed E-state index contributed by atoms with van der Waals surface area (Å²) in [5.74, 6) is 0.300. The first-order valence-corrected chi connectivity index (χ1v) is 4.12. The van der Waals surface area contributed by atoms with E-state index in [1.54, 1.807) is 12.1 Å². The minimum atomic E-state index is 0.300. The lowest BCUT2D eigenvalue weighted by molar-refractivity contribution is 0.476. The van der Waals surface area contributed by atoms with Crippen LogP contribution >= 0.6 is 12.6 Å². The largest absolute Gasteiger partial charge is 0.508 e. The lowest BCUT2D eigenvalue weighted by Crippen LogP contribution is -1.72. The Morgan fingerprint density at radius 2 is 1.58 bits per heavy atom. The summed E-state index contributed by atoms with van der Waals surface area (Å²) < 4.78 is 0. The molecule has 0 atom stereocenters. The molecule has 1 nitrogen and oxygen atoms in total. The van der Waals surface area contributed by atoms with Gasteiger partial charge in [-0.3, -0.25) is 0 Å². The smallest absolute Gasteiger partial charge is 0.116 e. The Bertz CT molecular complexity index is 382. The normalized spacial score (nSPS) is 10.4. The Balaban J connectivity index is 2.79. The number of rotatable bonds is 0. The summed E-state index contributed by atoms with van der Waals surface area (Å²) in [6.07, 6.45) is 0. The molecule has 0 amide bonds. The molecule has 0 fully saturated rings. The minimum absolute atomic E-state index is 0.300. The summed E-state index contributed by atoms with van der Waals surface area (Å²) in [5.41, 5.74) is 0. The average Bonchev–Trinajstić information content (AvgIpc) is 2.05. The first-order valence-electron chi connectivity index (χ1n) is 3.67. The second-order valence-corrected chi connectivity index (χ2v) is 3.23. The number of benzene rings is 2. The molecule has 2 rings (SSSR count). The summed E-state index contributed by atoms with van der Waals surface area (Å²) >= 11 is 4.22. The van der Waals surface area contributed by atoms with Gasteiger partial charge in [-0.25, -0.2) is 0 Å². The number of hydrogen-bond donors (Lipinski definition) is 2. The molecule has 60 valence electrons. The zero-order chi connectivity index (χ0) is 8.55. The van der Waals surface area contributed by atoms with Gasteiger partial charge in [-0.05, 0) is 35.0 Å². The second kappa shape index (κ2) is 2.72. The molecule has 2 aromatic rings. The van der Waals surface area contributed by atoms with Crippen molar-refractivity contribution in [3.05, 3.63) is 36.4 Å². The molecule has 2 heteroatoms. The van der Waals surface area contributed by atoms with E-state index in [4.69, 9.17) is 0 Å². The van der Waals surface area contributed by atoms with Crippen LogP contribution in [0.25, 0.3) is 10.8 Å². The standard InChI is InChI=1S/C10H8OS/c11-9-3-1-8-6-10(12)4-2-7(8)5-9/h1-6,11-12H. The van der Waals surface area contributed by atoms with Crippen molar-refractivity contribution in [2.75, 3.05) is 0 Å². The van der Waals surface area contributed by atoms with Gasteiger partial charge in [0.25, 0.3) is 0 Å². The second-order valence-electron chi connectivity index (χ2n) is 2.72. The van der Waals surface area contributed by atoms with Gasteiger partial charge in [0.05, 0.1) is 0 Å². The molecule has 0 heterocycles. The third-order valence-electron chi connectivity index (χ3n) is 1.81. The molecule has 0 bridgehead atoms. The van der Waals surface area contributed by atoms with Crippen molar-refractivity contribution in [2.24, 2.45) is 0 Å². The Hall–Kier alpha value is -1.15. The van der Waals surface area contributed by atoms with Crippen LogP contribution in [0.5, 0.6) is 5.75 Å². The van der Waals surface area contributed by atoms with Crippen LogP contribution in [0.4, 0.5) is 0 Å². The summed E-state index contributed by atoms with van der Waals surface area (Å²) in [6, 6.07) is 11.1. The maximum Gasteiger partial charge on any atom is 0.116 e. The van der Waals surface area contributed by atoms with Crippen molar-refractivity contribution in [3.8, 4) is 5.75 Å². The van der Waals surface area contributed by atoms with Crippen LogP contribution in [0, 0.1) is 0 Å². The summed E-state index contributed by atoms with van der Waals surface area (Å²) in [4.78, 5) is 0.938. The highest BCUT2D eigenvalue weighted by molar-refractivity contribution is 7.80. The van der Waals surface area contributed by atoms with E-state index in [-0.39, 0.29) is 0 Å². The Morgan fingerprint density at radius 1 is 0.917 bits per heavy atom. The number of fused-ring (bicyclic) bond motifs is 1. The van der Waals surface area contributed by atoms with E-state index in [1.165, 1.54) is 0 Å². The van der Waals surface area contributed by atoms with Gasteiger partial charge in [0, 0.05) is 4.90 Å². The number of phenols is 1. The highest BCUT2D eigenvalue weighted by Gasteiger charge is 1.94. The van der Waals surface area contributed by atoms with E-state index in [1.807, 2.05) is 24.3 Å². The average molecular weight is 176 g/mol. The third-order valence-corrected chi connectivity index (χ3v) is 2.09. The monoisotopic (exact) mass is 176 g/mol. The fourth-order valence-electron chi connectivity index (χ4n) is 1.22. The van der Waals surface area contributed by atoms with Gasteiger partial charge >= 0.3 is 0 Å². The third kappa shape index (κ3) is 1.25. The van der Waals surface area contributed by atoms with Crippen molar-refractivity contribution < 1.29 is 5.11 Å². The molecule has 0 aliphatic heterocycles. The molecule has 0 spiro atoms. The van der Waals surface area contributed by atoms with E-state index in [9.17, 15) is 5.11 Å². The van der Waals surface area contributed by atoms with Crippen LogP contribution in [-0.4, -0.2) is 5.11 Å². The molecule has 1 N–H and O–H groups in total. The van der Waals surface area contributed by atoms with Gasteiger partial charge < -0.3 is 5.11 Å². The fourth-order valence-corrected chi connectivity index (χ4v) is 1.43. The summed E-state index contributed by atoms with van der Waals surface area (Å²) in [6.45, 7) is 0. The van der Waals surface area contributed by atoms with Crippen LogP contribution < -0.4 is 0 Å². The van der Waals surface area contributed by atoms with Gasteiger partial charge in [0.2, 0.25) is 0 Å². The predicted octanol–water partition coefficient (Wildman–Crippen LogP) is 2.83. The van der Waals surface area contributed by atoms with Crippen LogP contribution in [0.3, 0.4) is 0 Å². The quantitative estimate of drug-likeness (QED) is 0.591. The topological polar surface area (TPSA) is 20.2 Å². The Morgan fingerprint density at radius 3 is 2.42 bits per heavy atom. The lowest BCUT2D eigenvalue weighted by Gasteiger charge is -1.98. The van der Waals surface area contributed by atoms with Crippen LogP contribution in [0.2, 0.25) is 0 Å². The van der Waals surface area contributed by atoms with Crippen molar-refractivity contribution in [1.29, 1.82) is 0 Å². The fraction of sp³-hybridized carbons (Fsp3) is 0. The van der Waals surface area contributed by atoms with Crippen molar-refractivity contribution in [1.82, 2.24) is 0 Å². The Labute approximate surface area is 76.1 Å². The molecule has 0 radical (unpaired) electrons. The minimum Gasteiger partial charge on any atom is -0.508 e. The van der Waals surface area contributed by atoms with Gasteiger partial charge in [0.1, 0.15) is 5.75 Å². The van der Waals surface area contributed by atoms with Gasteiger partial charge in [-0.2, -0.15) is 0 Å². The van der Waals surface area contributed by atoms with E-state index in [2.05, 4.69) is 12.6 Å². The van der Waals surface area contributed by atoms with Crippen LogP contribution in [0.1, 0.15) is 0 Å². The van der Waals surface area contributed by atoms with E-state index in [0.717, 1.165) is 15.7 Å². The van der Waals surface area contributed by atoms with E-state index >= 15 is 0 Å². The molecule has 0 unspecified atom stereocenters. The predicted molar refractivity (Wildman–Crippen MR) is 52.9 cm³/mol. The highest BCUT2D eigenvalue weighted by Crippen LogP contribution is 2.21. The molecule has 0 aliphatic rings. The SMILES string of the molecule is Oc1ccc2cc(S)ccc2c1. The van der Waals surface area contributed by atoms with Crippen LogP contribution in [0.15, 0.2) is 41.3 Å². The lowest BCUT2D eigenvalue weighted by atomic mass is 10.1. The molecule has 0 saturated carbocycles. The Kier molecular flexibility index (Phi) is 1.70. The number of aromatic hydroxyl groups is 1. The van der Waals surface area contributed by atoms with E-state index < -0.39 is 0 Å². The van der Waals surface area contributed by atoms with Crippen molar-refractivity contribution in [3.63, 3.8) is 0 Å². The highest BCUT2D eigenvalue weighted by atomic mass is 32.1. The van der Waals surface area contributed by atoms with Gasteiger partial charge in [-0.1, -0.05) is 12.1 Å². The first kappa shape index (κ1) is 7.50. The van der Waals surface area contributed by atoms with Crippen molar-refractivity contribution >= 4 is 23.4 Å². The molecule has 12 heavy (non-hydrogen) atoms. The molecular weight excluding hydrogens is 168 g/mol. The zero-order valence-electron chi connectivity index (χ0n) is 6.36. The van der Waals surface area contributed by atoms with Crippen molar-refractivity contribution in [2.45, 2.75) is 4.90 Å². The summed E-state index contributed by atoms with van der Waals surface area (Å²) in [7, 11) is 0. The number of phenolic OH excluding ortho intramolecular Hbond substituents is 1. The molecule has 0 saturated heterocycles. The maximum atomic E-state index is 9.18. The number of hydrogen-bond acceptors (Lipinski definition) is 2. The molecule has 0 aromatic heterocycles. The molecular formula is C10H8OS. The van der Waals surface area contributed by atoms with Gasteiger partial charge in [-0.15, -0.1) is 12.6 Å². The molecule has 2 aromatic carbocycles. The first-order chi connectivity index (χ1) is 5.75. The maximum absolute atomic E-state index is 9.18. The molecule has 0 aliphatic carbocycles.